The number of nitrogens with two attached hydrogens (primary N) is 1. The second-order valence-corrected chi connectivity index (χ2v) is 5.72. The molecule has 2 aromatic carbocycles. The Morgan fingerprint density at radius 3 is 2.52 bits per heavy atom. The highest BCUT2D eigenvalue weighted by Gasteiger charge is 2.30. The quantitative estimate of drug-likeness (QED) is 0.492. The maximum atomic E-state index is 12.8. The smallest absolute Gasteiger partial charge is 0.388 e. The van der Waals surface area contributed by atoms with Gasteiger partial charge in [-0.1, -0.05) is 29.4 Å². The lowest BCUT2D eigenvalue weighted by Gasteiger charge is -2.16. The van der Waals surface area contributed by atoms with E-state index >= 15 is 0 Å². The number of aryl methyl sites for hydroxylation is 1. The molecule has 0 bridgehead atoms. The van der Waals surface area contributed by atoms with E-state index in [1.165, 1.54) is 17.3 Å². The van der Waals surface area contributed by atoms with E-state index < -0.39 is 17.8 Å². The standard InChI is InChI=1S/C18H20F3N3O/c1-12-6-4-9-17(24(3)22)16(12)11-23-25-13(2)14-7-5-8-15(10-14)18(19,20)21/h4-11,13H,22H2,1-3H3/b23-11-. The lowest BCUT2D eigenvalue weighted by Crippen LogP contribution is -2.26. The largest absolute Gasteiger partial charge is 0.416 e. The third-order valence-electron chi connectivity index (χ3n) is 3.77. The zero-order valence-electron chi connectivity index (χ0n) is 14.2. The van der Waals surface area contributed by atoms with Gasteiger partial charge in [0.25, 0.3) is 0 Å². The van der Waals surface area contributed by atoms with Crippen molar-refractivity contribution >= 4 is 11.9 Å². The fraction of sp³-hybridized carbons (Fsp3) is 0.278. The van der Waals surface area contributed by atoms with Crippen molar-refractivity contribution in [2.24, 2.45) is 11.0 Å². The maximum absolute atomic E-state index is 12.8. The molecule has 0 aliphatic heterocycles. The van der Waals surface area contributed by atoms with Gasteiger partial charge in [-0.15, -0.1) is 0 Å². The normalized spacial score (nSPS) is 13.1. The van der Waals surface area contributed by atoms with Crippen LogP contribution < -0.4 is 10.9 Å². The molecular weight excluding hydrogens is 331 g/mol. The van der Waals surface area contributed by atoms with E-state index in [4.69, 9.17) is 10.7 Å². The van der Waals surface area contributed by atoms with E-state index in [2.05, 4.69) is 5.16 Å². The molecule has 0 heterocycles. The Labute approximate surface area is 144 Å². The minimum Gasteiger partial charge on any atom is -0.388 e. The summed E-state index contributed by atoms with van der Waals surface area (Å²) in [5.74, 6) is 5.79. The molecule has 2 N–H and O–H groups in total. The number of benzene rings is 2. The molecule has 134 valence electrons. The molecule has 1 unspecified atom stereocenters. The van der Waals surface area contributed by atoms with Gasteiger partial charge in [0.15, 0.2) is 0 Å². The maximum Gasteiger partial charge on any atom is 0.416 e. The molecule has 0 saturated carbocycles. The number of hydrogen-bond donors (Lipinski definition) is 1. The zero-order valence-corrected chi connectivity index (χ0v) is 14.2. The summed E-state index contributed by atoms with van der Waals surface area (Å²) in [6.07, 6.45) is -3.50. The highest BCUT2D eigenvalue weighted by Crippen LogP contribution is 2.31. The highest BCUT2D eigenvalue weighted by atomic mass is 19.4. The van der Waals surface area contributed by atoms with E-state index in [1.54, 1.807) is 20.0 Å². The number of hydrazine groups is 1. The average Bonchev–Trinajstić information content (AvgIpc) is 2.55. The Kier molecular flexibility index (Phi) is 5.69. The summed E-state index contributed by atoms with van der Waals surface area (Å²) in [5, 5.41) is 5.39. The van der Waals surface area contributed by atoms with Gasteiger partial charge < -0.3 is 9.85 Å². The van der Waals surface area contributed by atoms with Crippen molar-refractivity contribution in [3.63, 3.8) is 0 Å². The SMILES string of the molecule is Cc1cccc(N(C)N)c1/C=N\OC(C)c1cccc(C(F)(F)F)c1. The van der Waals surface area contributed by atoms with E-state index in [0.717, 1.165) is 28.9 Å². The number of oxime groups is 1. The predicted octanol–water partition coefficient (Wildman–Crippen LogP) is 4.44. The van der Waals surface area contributed by atoms with Crippen molar-refractivity contribution in [1.29, 1.82) is 0 Å². The molecule has 0 amide bonds. The van der Waals surface area contributed by atoms with Crippen LogP contribution in [0.5, 0.6) is 0 Å². The summed E-state index contributed by atoms with van der Waals surface area (Å²) < 4.78 is 38.3. The predicted molar refractivity (Wildman–Crippen MR) is 92.3 cm³/mol. The molecule has 0 radical (unpaired) electrons. The van der Waals surface area contributed by atoms with Crippen LogP contribution in [0.2, 0.25) is 0 Å². The summed E-state index contributed by atoms with van der Waals surface area (Å²) >= 11 is 0. The Bertz CT molecular complexity index is 757. The monoisotopic (exact) mass is 351 g/mol. The van der Waals surface area contributed by atoms with E-state index in [-0.39, 0.29) is 0 Å². The minimum atomic E-state index is -4.39. The number of anilines is 1. The Morgan fingerprint density at radius 1 is 1.20 bits per heavy atom. The number of halogens is 3. The molecule has 0 aliphatic rings. The van der Waals surface area contributed by atoms with Crippen molar-refractivity contribution < 1.29 is 18.0 Å². The Hall–Kier alpha value is -2.54. The van der Waals surface area contributed by atoms with Gasteiger partial charge in [-0.3, -0.25) is 0 Å². The zero-order chi connectivity index (χ0) is 18.6. The summed E-state index contributed by atoms with van der Waals surface area (Å²) in [4.78, 5) is 5.33. The summed E-state index contributed by atoms with van der Waals surface area (Å²) in [6, 6.07) is 10.6. The molecule has 2 rings (SSSR count). The Balaban J connectivity index is 2.16. The highest BCUT2D eigenvalue weighted by molar-refractivity contribution is 5.89. The summed E-state index contributed by atoms with van der Waals surface area (Å²) in [5.41, 5.74) is 2.18. The molecule has 0 fully saturated rings. The van der Waals surface area contributed by atoms with Crippen LogP contribution in [-0.4, -0.2) is 13.3 Å². The van der Waals surface area contributed by atoms with Crippen LogP contribution in [0, 0.1) is 6.92 Å². The first kappa shape index (κ1) is 18.8. The van der Waals surface area contributed by atoms with Crippen LogP contribution in [-0.2, 0) is 11.0 Å². The van der Waals surface area contributed by atoms with E-state index in [1.807, 2.05) is 25.1 Å². The molecule has 25 heavy (non-hydrogen) atoms. The molecule has 0 aromatic heterocycles. The van der Waals surface area contributed by atoms with Crippen molar-refractivity contribution in [1.82, 2.24) is 0 Å². The lowest BCUT2D eigenvalue weighted by molar-refractivity contribution is -0.137. The molecule has 0 saturated heterocycles. The van der Waals surface area contributed by atoms with Gasteiger partial charge >= 0.3 is 6.18 Å². The number of alkyl halides is 3. The first-order valence-corrected chi connectivity index (χ1v) is 7.64. The molecule has 0 spiro atoms. The molecule has 0 aliphatic carbocycles. The number of nitrogens with zero attached hydrogens (tertiary/aromatic N) is 2. The molecule has 4 nitrogen and oxygen atoms in total. The molecule has 2 aromatic rings. The molecule has 7 heteroatoms. The molecule has 1 atom stereocenters. The van der Waals surface area contributed by atoms with Crippen LogP contribution in [0.4, 0.5) is 18.9 Å². The average molecular weight is 351 g/mol. The van der Waals surface area contributed by atoms with Crippen molar-refractivity contribution in [3.8, 4) is 0 Å². The summed E-state index contributed by atoms with van der Waals surface area (Å²) in [7, 11) is 1.71. The van der Waals surface area contributed by atoms with Gasteiger partial charge in [0.2, 0.25) is 0 Å². The van der Waals surface area contributed by atoms with Gasteiger partial charge in [-0.25, -0.2) is 5.84 Å². The third kappa shape index (κ3) is 4.73. The lowest BCUT2D eigenvalue weighted by atomic mass is 10.1. The Morgan fingerprint density at radius 2 is 1.88 bits per heavy atom. The van der Waals surface area contributed by atoms with Crippen LogP contribution >= 0.6 is 0 Å². The van der Waals surface area contributed by atoms with Gasteiger partial charge in [-0.05, 0) is 43.2 Å². The van der Waals surface area contributed by atoms with E-state index in [9.17, 15) is 13.2 Å². The minimum absolute atomic E-state index is 0.396. The van der Waals surface area contributed by atoms with Gasteiger partial charge in [0, 0.05) is 12.6 Å². The third-order valence-corrected chi connectivity index (χ3v) is 3.77. The van der Waals surface area contributed by atoms with Gasteiger partial charge in [0.05, 0.1) is 17.5 Å². The van der Waals surface area contributed by atoms with Crippen molar-refractivity contribution in [3.05, 3.63) is 64.7 Å². The fourth-order valence-corrected chi connectivity index (χ4v) is 2.34. The van der Waals surface area contributed by atoms with Crippen molar-refractivity contribution in [2.45, 2.75) is 26.1 Å². The van der Waals surface area contributed by atoms with Gasteiger partial charge in [-0.2, -0.15) is 13.2 Å². The van der Waals surface area contributed by atoms with Crippen molar-refractivity contribution in [2.75, 3.05) is 12.1 Å². The van der Waals surface area contributed by atoms with Crippen LogP contribution in [0.25, 0.3) is 0 Å². The second-order valence-electron chi connectivity index (χ2n) is 5.72. The number of hydrogen-bond acceptors (Lipinski definition) is 4. The van der Waals surface area contributed by atoms with Crippen LogP contribution in [0.15, 0.2) is 47.6 Å². The summed E-state index contributed by atoms with van der Waals surface area (Å²) in [6.45, 7) is 3.55. The van der Waals surface area contributed by atoms with Crippen LogP contribution in [0.3, 0.4) is 0 Å². The number of rotatable bonds is 5. The topological polar surface area (TPSA) is 50.8 Å². The first-order chi connectivity index (χ1) is 11.7. The van der Waals surface area contributed by atoms with Gasteiger partial charge in [0.1, 0.15) is 6.10 Å². The first-order valence-electron chi connectivity index (χ1n) is 7.64. The fourth-order valence-electron chi connectivity index (χ4n) is 2.34. The van der Waals surface area contributed by atoms with E-state index in [0.29, 0.717) is 5.56 Å². The van der Waals surface area contributed by atoms with Crippen LogP contribution in [0.1, 0.15) is 35.3 Å². The second kappa shape index (κ2) is 7.57. The molecular formula is C18H20F3N3O.